The Morgan fingerprint density at radius 2 is 2.04 bits per heavy atom. The van der Waals surface area contributed by atoms with Crippen LogP contribution in [0, 0.1) is 0 Å². The van der Waals surface area contributed by atoms with E-state index in [1.165, 1.54) is 0 Å². The van der Waals surface area contributed by atoms with Crippen molar-refractivity contribution in [1.82, 2.24) is 5.32 Å². The maximum atomic E-state index is 11.3. The van der Waals surface area contributed by atoms with Crippen LogP contribution in [0.15, 0.2) is 16.6 Å². The summed E-state index contributed by atoms with van der Waals surface area (Å²) in [4.78, 5) is 11.3. The van der Waals surface area contributed by atoms with Crippen LogP contribution in [0.3, 0.4) is 0 Å². The molecule has 0 aliphatic heterocycles. The van der Waals surface area contributed by atoms with Crippen LogP contribution in [0.1, 0.15) is 32.3 Å². The molecule has 1 atom stereocenters. The third-order valence-electron chi connectivity index (χ3n) is 3.32. The highest BCUT2D eigenvalue weighted by molar-refractivity contribution is 9.10. The Kier molecular flexibility index (Phi) is 10.2. The minimum atomic E-state index is -0.826. The van der Waals surface area contributed by atoms with Crippen molar-refractivity contribution in [1.29, 1.82) is 0 Å². The van der Waals surface area contributed by atoms with Crippen LogP contribution in [0.25, 0.3) is 0 Å². The molecule has 1 rings (SSSR count). The molecule has 0 radical (unpaired) electrons. The Hall–Kier alpha value is -0.920. The summed E-state index contributed by atoms with van der Waals surface area (Å²) >= 11 is 5.18. The van der Waals surface area contributed by atoms with Gasteiger partial charge in [0.25, 0.3) is 0 Å². The summed E-state index contributed by atoms with van der Waals surface area (Å²) in [5.41, 5.74) is 0.942. The van der Waals surface area contributed by atoms with Crippen LogP contribution in [-0.4, -0.2) is 42.3 Å². The van der Waals surface area contributed by atoms with Gasteiger partial charge in [-0.2, -0.15) is 11.8 Å². The SMILES string of the molecule is CCCOc1cc(Br)c(CNC(CCSC)C(=O)O)cc1OCC. The van der Waals surface area contributed by atoms with Crippen molar-refractivity contribution in [2.45, 2.75) is 39.3 Å². The van der Waals surface area contributed by atoms with Crippen LogP contribution in [0.2, 0.25) is 0 Å². The van der Waals surface area contributed by atoms with Gasteiger partial charge in [-0.25, -0.2) is 0 Å². The number of rotatable bonds is 12. The number of hydrogen-bond acceptors (Lipinski definition) is 5. The first-order valence-corrected chi connectivity index (χ1v) is 10.2. The predicted octanol–water partition coefficient (Wildman–Crippen LogP) is 3.93. The number of nitrogens with one attached hydrogen (secondary N) is 1. The minimum Gasteiger partial charge on any atom is -0.490 e. The number of aliphatic carboxylic acids is 1. The van der Waals surface area contributed by atoms with Crippen molar-refractivity contribution in [3.63, 3.8) is 0 Å². The monoisotopic (exact) mass is 419 g/mol. The zero-order valence-corrected chi connectivity index (χ0v) is 16.8. The molecule has 1 aromatic carbocycles. The normalized spacial score (nSPS) is 12.0. The molecular weight excluding hydrogens is 394 g/mol. The average molecular weight is 420 g/mol. The molecule has 24 heavy (non-hydrogen) atoms. The third-order valence-corrected chi connectivity index (χ3v) is 4.70. The zero-order chi connectivity index (χ0) is 17.9. The van der Waals surface area contributed by atoms with E-state index in [0.717, 1.165) is 22.2 Å². The Labute approximate surface area is 156 Å². The van der Waals surface area contributed by atoms with Crippen LogP contribution in [0.4, 0.5) is 0 Å². The lowest BCUT2D eigenvalue weighted by atomic mass is 10.1. The number of carboxylic acid groups (broad SMARTS) is 1. The summed E-state index contributed by atoms with van der Waals surface area (Å²) in [5, 5.41) is 12.4. The van der Waals surface area contributed by atoms with Gasteiger partial charge in [-0.1, -0.05) is 22.9 Å². The van der Waals surface area contributed by atoms with Gasteiger partial charge < -0.3 is 19.9 Å². The Balaban J connectivity index is 2.86. The highest BCUT2D eigenvalue weighted by Gasteiger charge is 2.17. The van der Waals surface area contributed by atoms with Crippen molar-refractivity contribution in [3.8, 4) is 11.5 Å². The lowest BCUT2D eigenvalue weighted by molar-refractivity contribution is -0.139. The van der Waals surface area contributed by atoms with Gasteiger partial charge in [-0.15, -0.1) is 0 Å². The second kappa shape index (κ2) is 11.6. The number of benzene rings is 1. The van der Waals surface area contributed by atoms with E-state index in [1.54, 1.807) is 11.8 Å². The Morgan fingerprint density at radius 1 is 1.33 bits per heavy atom. The number of halogens is 1. The van der Waals surface area contributed by atoms with Crippen LogP contribution < -0.4 is 14.8 Å². The number of carboxylic acids is 1. The van der Waals surface area contributed by atoms with Crippen LogP contribution in [-0.2, 0) is 11.3 Å². The summed E-state index contributed by atoms with van der Waals surface area (Å²) in [6.45, 7) is 5.59. The lowest BCUT2D eigenvalue weighted by Crippen LogP contribution is -2.36. The van der Waals surface area contributed by atoms with Gasteiger partial charge in [0.15, 0.2) is 11.5 Å². The van der Waals surface area contributed by atoms with Gasteiger partial charge in [-0.05, 0) is 49.5 Å². The molecule has 136 valence electrons. The molecule has 0 aliphatic carbocycles. The fourth-order valence-electron chi connectivity index (χ4n) is 2.09. The summed E-state index contributed by atoms with van der Waals surface area (Å²) < 4.78 is 12.2. The van der Waals surface area contributed by atoms with Gasteiger partial charge >= 0.3 is 5.97 Å². The molecule has 2 N–H and O–H groups in total. The van der Waals surface area contributed by atoms with E-state index in [9.17, 15) is 9.90 Å². The van der Waals surface area contributed by atoms with E-state index in [1.807, 2.05) is 32.2 Å². The summed E-state index contributed by atoms with van der Waals surface area (Å²) in [6.07, 6.45) is 3.48. The highest BCUT2D eigenvalue weighted by atomic mass is 79.9. The smallest absolute Gasteiger partial charge is 0.320 e. The van der Waals surface area contributed by atoms with Crippen molar-refractivity contribution < 1.29 is 19.4 Å². The number of ether oxygens (including phenoxy) is 2. The highest BCUT2D eigenvalue weighted by Crippen LogP contribution is 2.34. The predicted molar refractivity (Wildman–Crippen MR) is 102 cm³/mol. The number of thioether (sulfide) groups is 1. The number of hydrogen-bond donors (Lipinski definition) is 2. The summed E-state index contributed by atoms with van der Waals surface area (Å²) in [5.74, 6) is 1.36. The van der Waals surface area contributed by atoms with E-state index in [0.29, 0.717) is 37.7 Å². The first-order valence-electron chi connectivity index (χ1n) is 8.06. The molecule has 0 aliphatic rings. The maximum Gasteiger partial charge on any atom is 0.320 e. The molecule has 0 amide bonds. The molecule has 1 aromatic rings. The molecule has 0 heterocycles. The standard InChI is InChI=1S/C17H26BrNO4S/c1-4-7-23-16-10-13(18)12(9-15(16)22-5-2)11-19-14(17(20)21)6-8-24-3/h9-10,14,19H,4-8,11H2,1-3H3,(H,20,21). The summed E-state index contributed by atoms with van der Waals surface area (Å²) in [6, 6.07) is 3.23. The van der Waals surface area contributed by atoms with E-state index < -0.39 is 12.0 Å². The second-order valence-corrected chi connectivity index (χ2v) is 7.06. The van der Waals surface area contributed by atoms with E-state index >= 15 is 0 Å². The van der Waals surface area contributed by atoms with Gasteiger partial charge in [0.05, 0.1) is 13.2 Å². The second-order valence-electron chi connectivity index (χ2n) is 5.23. The van der Waals surface area contributed by atoms with Crippen molar-refractivity contribution in [3.05, 3.63) is 22.2 Å². The van der Waals surface area contributed by atoms with Gasteiger partial charge in [-0.3, -0.25) is 4.79 Å². The van der Waals surface area contributed by atoms with Gasteiger partial charge in [0.1, 0.15) is 6.04 Å². The number of carbonyl (C=O) groups is 1. The first kappa shape index (κ1) is 21.1. The molecule has 7 heteroatoms. The fraction of sp³-hybridized carbons (Fsp3) is 0.588. The molecule has 0 fully saturated rings. The van der Waals surface area contributed by atoms with Crippen LogP contribution >= 0.6 is 27.7 Å². The van der Waals surface area contributed by atoms with E-state index in [4.69, 9.17) is 9.47 Å². The molecule has 1 unspecified atom stereocenters. The largest absolute Gasteiger partial charge is 0.490 e. The fourth-order valence-corrected chi connectivity index (χ4v) is 3.02. The molecular formula is C17H26BrNO4S. The average Bonchev–Trinajstić information content (AvgIpc) is 2.55. The van der Waals surface area contributed by atoms with Gasteiger partial charge in [0, 0.05) is 11.0 Å². The maximum absolute atomic E-state index is 11.3. The lowest BCUT2D eigenvalue weighted by Gasteiger charge is -2.17. The van der Waals surface area contributed by atoms with Gasteiger partial charge in [0.2, 0.25) is 0 Å². The molecule has 0 saturated heterocycles. The van der Waals surface area contributed by atoms with Crippen molar-refractivity contribution in [2.75, 3.05) is 25.2 Å². The Morgan fingerprint density at radius 3 is 2.62 bits per heavy atom. The third kappa shape index (κ3) is 6.91. The van der Waals surface area contributed by atoms with E-state index in [2.05, 4.69) is 21.2 Å². The first-order chi connectivity index (χ1) is 11.5. The summed E-state index contributed by atoms with van der Waals surface area (Å²) in [7, 11) is 0. The quantitative estimate of drug-likeness (QED) is 0.534. The molecule has 0 saturated carbocycles. The van der Waals surface area contributed by atoms with Crippen molar-refractivity contribution in [2.24, 2.45) is 0 Å². The van der Waals surface area contributed by atoms with Crippen molar-refractivity contribution >= 4 is 33.7 Å². The molecule has 0 spiro atoms. The molecule has 0 bridgehead atoms. The molecule has 0 aromatic heterocycles. The topological polar surface area (TPSA) is 67.8 Å². The molecule has 5 nitrogen and oxygen atoms in total. The zero-order valence-electron chi connectivity index (χ0n) is 14.4. The van der Waals surface area contributed by atoms with E-state index in [-0.39, 0.29) is 0 Å². The minimum absolute atomic E-state index is 0.445. The Bertz CT molecular complexity index is 528. The van der Waals surface area contributed by atoms with Crippen LogP contribution in [0.5, 0.6) is 11.5 Å².